The van der Waals surface area contributed by atoms with Crippen LogP contribution in [0.1, 0.15) is 46.9 Å². The van der Waals surface area contributed by atoms with Gasteiger partial charge in [-0.1, -0.05) is 54.6 Å². The maximum atomic E-state index is 13.1. The fourth-order valence-corrected chi connectivity index (χ4v) is 7.75. The molecule has 7 rings (SSSR count). The predicted molar refractivity (Wildman–Crippen MR) is 152 cm³/mol. The van der Waals surface area contributed by atoms with Gasteiger partial charge in [-0.25, -0.2) is 0 Å². The standard InChI is InChI=1S/C33H38N2O6/c1-38-19-20-16-35(17-20)18-25-28(23-7-5-4-6-8-23)33(24-13-11-22(12-14-24)21-9-10-21)32(37,30(25)36)29-26(41-33)15-27(39-2)34-31(29)40-3/h4-8,11-15,20-21,25,28,30,36-37H,9-10,16-19H2,1-3H3/t25-,28-,30-,32+,33+/m1/s1. The summed E-state index contributed by atoms with van der Waals surface area (Å²) < 4.78 is 23.6. The molecule has 8 nitrogen and oxygen atoms in total. The summed E-state index contributed by atoms with van der Waals surface area (Å²) in [4.78, 5) is 6.85. The van der Waals surface area contributed by atoms with Crippen molar-refractivity contribution in [1.82, 2.24) is 9.88 Å². The lowest BCUT2D eigenvalue weighted by atomic mass is 9.70. The third-order valence-electron chi connectivity index (χ3n) is 9.70. The summed E-state index contributed by atoms with van der Waals surface area (Å²) in [6, 6.07) is 20.3. The molecule has 0 unspecified atom stereocenters. The van der Waals surface area contributed by atoms with Gasteiger partial charge in [0.05, 0.1) is 32.5 Å². The minimum atomic E-state index is -1.84. The summed E-state index contributed by atoms with van der Waals surface area (Å²) in [5.41, 5.74) is 0.305. The smallest absolute Gasteiger partial charge is 0.226 e. The van der Waals surface area contributed by atoms with Crippen LogP contribution in [0.5, 0.6) is 17.5 Å². The molecule has 0 radical (unpaired) electrons. The number of benzene rings is 2. The molecule has 2 aliphatic carbocycles. The normalized spacial score (nSPS) is 30.8. The number of pyridine rings is 1. The number of fused-ring (bicyclic) bond motifs is 3. The second-order valence-corrected chi connectivity index (χ2v) is 12.1. The van der Waals surface area contributed by atoms with Crippen molar-refractivity contribution in [2.75, 3.05) is 47.6 Å². The SMILES string of the molecule is COCC1CN(C[C@H]2[C@@H](O)[C@@]3(O)c4c(cc(OC)nc4OC)O[C@@]3(c3ccc(C4CC4)cc3)[C@@H]2c2ccccc2)C1. The molecule has 3 fully saturated rings. The summed E-state index contributed by atoms with van der Waals surface area (Å²) in [5.74, 6) is 1.26. The summed E-state index contributed by atoms with van der Waals surface area (Å²) >= 11 is 0. The lowest BCUT2D eigenvalue weighted by molar-refractivity contribution is -0.153. The average Bonchev–Trinajstić information content (AvgIpc) is 3.77. The Balaban J connectivity index is 1.42. The molecular formula is C33H38N2O6. The summed E-state index contributed by atoms with van der Waals surface area (Å²) in [6.45, 7) is 3.10. The Labute approximate surface area is 240 Å². The maximum absolute atomic E-state index is 13.1. The van der Waals surface area contributed by atoms with Gasteiger partial charge in [0.15, 0.2) is 11.2 Å². The van der Waals surface area contributed by atoms with E-state index in [4.69, 9.17) is 18.9 Å². The lowest BCUT2D eigenvalue weighted by Crippen LogP contribution is -2.52. The highest BCUT2D eigenvalue weighted by atomic mass is 16.5. The van der Waals surface area contributed by atoms with E-state index in [0.29, 0.717) is 42.2 Å². The van der Waals surface area contributed by atoms with Gasteiger partial charge in [-0.2, -0.15) is 4.98 Å². The molecule has 3 heterocycles. The molecule has 4 aliphatic rings. The van der Waals surface area contributed by atoms with Crippen LogP contribution in [0.15, 0.2) is 60.7 Å². The zero-order chi connectivity index (χ0) is 28.4. The lowest BCUT2D eigenvalue weighted by Gasteiger charge is -2.43. The number of methoxy groups -OCH3 is 3. The van der Waals surface area contributed by atoms with E-state index in [1.165, 1.54) is 32.6 Å². The first kappa shape index (κ1) is 26.7. The summed E-state index contributed by atoms with van der Waals surface area (Å²) in [5, 5.41) is 25.5. The van der Waals surface area contributed by atoms with E-state index in [0.717, 1.165) is 24.2 Å². The Morgan fingerprint density at radius 1 is 0.976 bits per heavy atom. The van der Waals surface area contributed by atoms with Gasteiger partial charge in [0.2, 0.25) is 11.8 Å². The Bertz CT molecular complexity index is 1410. The molecule has 0 amide bonds. The number of aliphatic hydroxyl groups is 2. The van der Waals surface area contributed by atoms with Gasteiger partial charge in [0.1, 0.15) is 5.75 Å². The molecule has 216 valence electrons. The highest BCUT2D eigenvalue weighted by Gasteiger charge is 2.77. The van der Waals surface area contributed by atoms with Crippen LogP contribution < -0.4 is 14.2 Å². The van der Waals surface area contributed by atoms with Gasteiger partial charge in [-0.15, -0.1) is 0 Å². The average molecular weight is 559 g/mol. The van der Waals surface area contributed by atoms with Crippen LogP contribution in [0.25, 0.3) is 0 Å². The molecule has 8 heteroatoms. The fraction of sp³-hybridized carbons (Fsp3) is 0.485. The largest absolute Gasteiger partial charge is 0.481 e. The fourth-order valence-electron chi connectivity index (χ4n) is 7.75. The van der Waals surface area contributed by atoms with Crippen LogP contribution in [-0.2, 0) is 15.9 Å². The van der Waals surface area contributed by atoms with E-state index in [1.54, 1.807) is 13.2 Å². The van der Waals surface area contributed by atoms with E-state index in [1.807, 2.05) is 18.2 Å². The number of rotatable bonds is 9. The Morgan fingerprint density at radius 2 is 1.71 bits per heavy atom. The summed E-state index contributed by atoms with van der Waals surface area (Å²) in [7, 11) is 4.78. The van der Waals surface area contributed by atoms with Gasteiger partial charge < -0.3 is 34.1 Å². The van der Waals surface area contributed by atoms with Crippen molar-refractivity contribution in [2.45, 2.75) is 42.0 Å². The number of ether oxygens (including phenoxy) is 4. The van der Waals surface area contributed by atoms with Crippen LogP contribution >= 0.6 is 0 Å². The van der Waals surface area contributed by atoms with E-state index in [2.05, 4.69) is 46.3 Å². The van der Waals surface area contributed by atoms with Crippen LogP contribution in [-0.4, -0.2) is 73.8 Å². The first-order valence-corrected chi connectivity index (χ1v) is 14.5. The van der Waals surface area contributed by atoms with Crippen LogP contribution in [0.2, 0.25) is 0 Å². The first-order chi connectivity index (χ1) is 19.9. The molecule has 0 spiro atoms. The van der Waals surface area contributed by atoms with Gasteiger partial charge >= 0.3 is 0 Å². The molecule has 2 saturated carbocycles. The van der Waals surface area contributed by atoms with Crippen molar-refractivity contribution in [1.29, 1.82) is 0 Å². The molecule has 5 atom stereocenters. The molecule has 41 heavy (non-hydrogen) atoms. The van der Waals surface area contributed by atoms with Crippen molar-refractivity contribution in [3.63, 3.8) is 0 Å². The van der Waals surface area contributed by atoms with Crippen molar-refractivity contribution in [3.8, 4) is 17.5 Å². The highest BCUT2D eigenvalue weighted by Crippen LogP contribution is 2.70. The van der Waals surface area contributed by atoms with E-state index < -0.39 is 17.3 Å². The highest BCUT2D eigenvalue weighted by molar-refractivity contribution is 5.60. The number of nitrogens with zero attached hydrogens (tertiary/aromatic N) is 2. The maximum Gasteiger partial charge on any atom is 0.226 e. The number of aromatic nitrogens is 1. The van der Waals surface area contributed by atoms with Gasteiger partial charge in [0, 0.05) is 50.6 Å². The Morgan fingerprint density at radius 3 is 2.34 bits per heavy atom. The molecule has 0 bridgehead atoms. The Kier molecular flexibility index (Phi) is 6.50. The molecule has 2 aromatic carbocycles. The van der Waals surface area contributed by atoms with E-state index >= 15 is 0 Å². The molecule has 1 aromatic heterocycles. The second kappa shape index (κ2) is 9.98. The number of aliphatic hydroxyl groups excluding tert-OH is 1. The van der Waals surface area contributed by atoms with E-state index in [-0.39, 0.29) is 17.7 Å². The van der Waals surface area contributed by atoms with Crippen molar-refractivity contribution < 1.29 is 29.2 Å². The number of hydrogen-bond acceptors (Lipinski definition) is 8. The third kappa shape index (κ3) is 3.91. The van der Waals surface area contributed by atoms with Crippen molar-refractivity contribution in [3.05, 3.63) is 82.9 Å². The van der Waals surface area contributed by atoms with Crippen LogP contribution in [0, 0.1) is 11.8 Å². The van der Waals surface area contributed by atoms with Crippen LogP contribution in [0.4, 0.5) is 0 Å². The minimum absolute atomic E-state index is 0.189. The van der Waals surface area contributed by atoms with Gasteiger partial charge in [-0.05, 0) is 35.4 Å². The zero-order valence-corrected chi connectivity index (χ0v) is 23.8. The molecule has 3 aromatic rings. The Hall–Kier alpha value is -3.17. The summed E-state index contributed by atoms with van der Waals surface area (Å²) in [6.07, 6.45) is 1.24. The minimum Gasteiger partial charge on any atom is -0.481 e. The number of likely N-dealkylation sites (tertiary alicyclic amines) is 1. The van der Waals surface area contributed by atoms with E-state index in [9.17, 15) is 10.2 Å². The molecule has 2 N–H and O–H groups in total. The molecule has 1 saturated heterocycles. The van der Waals surface area contributed by atoms with Crippen molar-refractivity contribution in [2.24, 2.45) is 11.8 Å². The first-order valence-electron chi connectivity index (χ1n) is 14.5. The predicted octanol–water partition coefficient (Wildman–Crippen LogP) is 3.80. The van der Waals surface area contributed by atoms with Gasteiger partial charge in [0.25, 0.3) is 0 Å². The zero-order valence-electron chi connectivity index (χ0n) is 23.8. The van der Waals surface area contributed by atoms with Gasteiger partial charge in [-0.3, -0.25) is 0 Å². The third-order valence-corrected chi connectivity index (χ3v) is 9.70. The quantitative estimate of drug-likeness (QED) is 0.410. The van der Waals surface area contributed by atoms with Crippen LogP contribution in [0.3, 0.4) is 0 Å². The number of hydrogen-bond donors (Lipinski definition) is 2. The second-order valence-electron chi connectivity index (χ2n) is 12.1. The monoisotopic (exact) mass is 558 g/mol. The topological polar surface area (TPSA) is 93.5 Å². The van der Waals surface area contributed by atoms with Crippen molar-refractivity contribution >= 4 is 0 Å². The molecular weight excluding hydrogens is 520 g/mol. The molecule has 2 aliphatic heterocycles.